The van der Waals surface area contributed by atoms with Gasteiger partial charge in [0.05, 0.1) is 0 Å². The Kier molecular flexibility index (Phi) is 4.20. The van der Waals surface area contributed by atoms with Crippen LogP contribution in [0.15, 0.2) is 18.2 Å². The Morgan fingerprint density at radius 3 is 2.45 bits per heavy atom. The van der Waals surface area contributed by atoms with Crippen molar-refractivity contribution in [1.82, 2.24) is 5.32 Å². The van der Waals surface area contributed by atoms with E-state index in [9.17, 15) is 15.3 Å². The lowest BCUT2D eigenvalue weighted by Crippen LogP contribution is -2.18. The molecule has 20 heavy (non-hydrogen) atoms. The molecule has 4 N–H and O–H groups in total. The van der Waals surface area contributed by atoms with Crippen molar-refractivity contribution in [2.75, 3.05) is 0 Å². The first kappa shape index (κ1) is 14.7. The normalized spacial score (nSPS) is 12.6. The predicted octanol–water partition coefficient (Wildman–Crippen LogP) is 3.33. The molecular formula is C15H19NO3S. The highest BCUT2D eigenvalue weighted by Crippen LogP contribution is 2.37. The van der Waals surface area contributed by atoms with Gasteiger partial charge in [-0.05, 0) is 38.5 Å². The standard InChI is InChI=1S/C15H19NO3S/c1-8-6-12(10(3)20-8)9(2)16-7-11-4-5-13(17)15(19)14(11)18/h4-6,9,16-19H,7H2,1-3H3. The fraction of sp³-hybridized carbons (Fsp3) is 0.333. The zero-order valence-corrected chi connectivity index (χ0v) is 12.6. The van der Waals surface area contributed by atoms with Crippen LogP contribution in [0.2, 0.25) is 0 Å². The van der Waals surface area contributed by atoms with Crippen molar-refractivity contribution >= 4 is 11.3 Å². The van der Waals surface area contributed by atoms with Gasteiger partial charge in [0.2, 0.25) is 5.75 Å². The molecule has 0 aliphatic heterocycles. The van der Waals surface area contributed by atoms with E-state index in [1.165, 1.54) is 21.4 Å². The molecule has 0 aliphatic carbocycles. The van der Waals surface area contributed by atoms with Gasteiger partial charge in [0, 0.05) is 27.9 Å². The third-order valence-corrected chi connectivity index (χ3v) is 4.34. The number of rotatable bonds is 4. The van der Waals surface area contributed by atoms with E-state index in [1.807, 2.05) is 0 Å². The molecule has 1 unspecified atom stereocenters. The van der Waals surface area contributed by atoms with E-state index in [0.717, 1.165) is 0 Å². The number of aromatic hydroxyl groups is 3. The molecule has 108 valence electrons. The maximum Gasteiger partial charge on any atom is 0.200 e. The van der Waals surface area contributed by atoms with E-state index in [0.29, 0.717) is 12.1 Å². The minimum atomic E-state index is -0.473. The van der Waals surface area contributed by atoms with Crippen LogP contribution in [-0.2, 0) is 6.54 Å². The zero-order valence-electron chi connectivity index (χ0n) is 11.8. The first-order valence-corrected chi connectivity index (χ1v) is 7.25. The molecule has 0 spiro atoms. The van der Waals surface area contributed by atoms with E-state index < -0.39 is 5.75 Å². The molecule has 1 aromatic carbocycles. The molecule has 1 aromatic heterocycles. The topological polar surface area (TPSA) is 72.7 Å². The van der Waals surface area contributed by atoms with Crippen molar-refractivity contribution in [2.24, 2.45) is 0 Å². The van der Waals surface area contributed by atoms with Crippen LogP contribution in [0.3, 0.4) is 0 Å². The molecular weight excluding hydrogens is 274 g/mol. The van der Waals surface area contributed by atoms with Crippen molar-refractivity contribution < 1.29 is 15.3 Å². The first-order chi connectivity index (χ1) is 9.40. The monoisotopic (exact) mass is 293 g/mol. The Morgan fingerprint density at radius 1 is 1.15 bits per heavy atom. The average Bonchev–Trinajstić information content (AvgIpc) is 2.74. The second-order valence-corrected chi connectivity index (χ2v) is 6.37. The summed E-state index contributed by atoms with van der Waals surface area (Å²) >= 11 is 1.76. The molecule has 4 nitrogen and oxygen atoms in total. The zero-order chi connectivity index (χ0) is 14.9. The highest BCUT2D eigenvalue weighted by molar-refractivity contribution is 7.12. The average molecular weight is 293 g/mol. The van der Waals surface area contributed by atoms with Crippen molar-refractivity contribution in [3.63, 3.8) is 0 Å². The third kappa shape index (κ3) is 2.89. The van der Waals surface area contributed by atoms with Crippen LogP contribution in [0, 0.1) is 13.8 Å². The summed E-state index contributed by atoms with van der Waals surface area (Å²) in [4.78, 5) is 2.55. The van der Waals surface area contributed by atoms with Gasteiger partial charge in [-0.15, -0.1) is 11.3 Å². The molecule has 0 bridgehead atoms. The van der Waals surface area contributed by atoms with Gasteiger partial charge in [-0.25, -0.2) is 0 Å². The number of phenolic OH excluding ortho intramolecular Hbond substituents is 3. The van der Waals surface area contributed by atoms with Gasteiger partial charge in [0.1, 0.15) is 0 Å². The molecule has 0 fully saturated rings. The van der Waals surface area contributed by atoms with Crippen molar-refractivity contribution in [3.8, 4) is 17.2 Å². The van der Waals surface area contributed by atoms with E-state index >= 15 is 0 Å². The predicted molar refractivity (Wildman–Crippen MR) is 80.5 cm³/mol. The van der Waals surface area contributed by atoms with Crippen molar-refractivity contribution in [1.29, 1.82) is 0 Å². The van der Waals surface area contributed by atoms with Crippen LogP contribution in [0.1, 0.15) is 33.8 Å². The number of benzene rings is 1. The van der Waals surface area contributed by atoms with Crippen LogP contribution in [0.25, 0.3) is 0 Å². The van der Waals surface area contributed by atoms with Gasteiger partial charge >= 0.3 is 0 Å². The number of phenols is 3. The quantitative estimate of drug-likeness (QED) is 0.652. The number of aryl methyl sites for hydroxylation is 2. The van der Waals surface area contributed by atoms with E-state index in [2.05, 4.69) is 32.2 Å². The smallest absolute Gasteiger partial charge is 0.200 e. The molecule has 0 saturated heterocycles. The molecule has 0 saturated carbocycles. The largest absolute Gasteiger partial charge is 0.504 e. The van der Waals surface area contributed by atoms with Gasteiger partial charge < -0.3 is 20.6 Å². The van der Waals surface area contributed by atoms with E-state index in [4.69, 9.17) is 0 Å². The van der Waals surface area contributed by atoms with Crippen LogP contribution in [0.5, 0.6) is 17.2 Å². The SMILES string of the molecule is Cc1cc(C(C)NCc2ccc(O)c(O)c2O)c(C)s1. The summed E-state index contributed by atoms with van der Waals surface area (Å²) in [6, 6.07) is 5.27. The fourth-order valence-corrected chi connectivity index (χ4v) is 3.23. The summed E-state index contributed by atoms with van der Waals surface area (Å²) in [5.74, 6) is -1.06. The molecule has 2 rings (SSSR count). The van der Waals surface area contributed by atoms with Crippen LogP contribution < -0.4 is 5.32 Å². The maximum atomic E-state index is 9.77. The maximum absolute atomic E-state index is 9.77. The Hall–Kier alpha value is -1.72. The molecule has 0 amide bonds. The Balaban J connectivity index is 2.09. The van der Waals surface area contributed by atoms with Gasteiger partial charge in [-0.1, -0.05) is 6.07 Å². The van der Waals surface area contributed by atoms with Gasteiger partial charge in [-0.2, -0.15) is 0 Å². The summed E-state index contributed by atoms with van der Waals surface area (Å²) in [6.07, 6.45) is 0. The summed E-state index contributed by atoms with van der Waals surface area (Å²) in [7, 11) is 0. The minimum absolute atomic E-state index is 0.148. The van der Waals surface area contributed by atoms with Crippen molar-refractivity contribution in [2.45, 2.75) is 33.4 Å². The van der Waals surface area contributed by atoms with Crippen LogP contribution in [-0.4, -0.2) is 15.3 Å². The lowest BCUT2D eigenvalue weighted by atomic mass is 10.1. The summed E-state index contributed by atoms with van der Waals surface area (Å²) in [5, 5.41) is 31.9. The highest BCUT2D eigenvalue weighted by atomic mass is 32.1. The Bertz CT molecular complexity index is 622. The Morgan fingerprint density at radius 2 is 1.85 bits per heavy atom. The van der Waals surface area contributed by atoms with Crippen LogP contribution in [0.4, 0.5) is 0 Å². The molecule has 0 radical (unpaired) electrons. The van der Waals surface area contributed by atoms with E-state index in [1.54, 1.807) is 17.4 Å². The first-order valence-electron chi connectivity index (χ1n) is 6.43. The minimum Gasteiger partial charge on any atom is -0.504 e. The second kappa shape index (κ2) is 5.73. The van der Waals surface area contributed by atoms with E-state index in [-0.39, 0.29) is 17.5 Å². The summed E-state index contributed by atoms with van der Waals surface area (Å²) in [6.45, 7) is 6.65. The fourth-order valence-electron chi connectivity index (χ4n) is 2.21. The number of hydrogen-bond acceptors (Lipinski definition) is 5. The molecule has 5 heteroatoms. The summed E-state index contributed by atoms with van der Waals surface area (Å²) < 4.78 is 0. The third-order valence-electron chi connectivity index (χ3n) is 3.36. The van der Waals surface area contributed by atoms with Crippen molar-refractivity contribution in [3.05, 3.63) is 39.1 Å². The van der Waals surface area contributed by atoms with Gasteiger partial charge in [0.25, 0.3) is 0 Å². The second-order valence-electron chi connectivity index (χ2n) is 4.91. The molecule has 1 heterocycles. The number of thiophene rings is 1. The molecule has 0 aliphatic rings. The highest BCUT2D eigenvalue weighted by Gasteiger charge is 2.14. The van der Waals surface area contributed by atoms with Gasteiger partial charge in [0.15, 0.2) is 11.5 Å². The molecule has 1 atom stereocenters. The lowest BCUT2D eigenvalue weighted by Gasteiger charge is -2.15. The number of nitrogens with one attached hydrogen (secondary N) is 1. The molecule has 2 aromatic rings. The van der Waals surface area contributed by atoms with Gasteiger partial charge in [-0.3, -0.25) is 0 Å². The number of hydrogen-bond donors (Lipinski definition) is 4. The Labute approximate surface area is 122 Å². The summed E-state index contributed by atoms with van der Waals surface area (Å²) in [5.41, 5.74) is 1.80. The lowest BCUT2D eigenvalue weighted by molar-refractivity contribution is 0.363. The van der Waals surface area contributed by atoms with Crippen LogP contribution >= 0.6 is 11.3 Å².